The standard InChI is InChI=1S/C12H19FN2O/c1-3-10(8-16)15-11(4-2)12-6-5-9(13)7-14-12/h5-7,10-11,15-16H,3-4,8H2,1-2H3. The number of nitrogens with one attached hydrogen (secondary N) is 1. The van der Waals surface area contributed by atoms with Crippen LogP contribution in [0.15, 0.2) is 18.3 Å². The van der Waals surface area contributed by atoms with E-state index >= 15 is 0 Å². The predicted octanol–water partition coefficient (Wildman–Crippen LogP) is 2.03. The molecule has 1 rings (SSSR count). The average molecular weight is 226 g/mol. The molecule has 2 N–H and O–H groups in total. The summed E-state index contributed by atoms with van der Waals surface area (Å²) < 4.78 is 12.7. The fourth-order valence-corrected chi connectivity index (χ4v) is 1.59. The first-order valence-electron chi connectivity index (χ1n) is 5.69. The average Bonchev–Trinajstić information content (AvgIpc) is 2.32. The van der Waals surface area contributed by atoms with E-state index in [-0.39, 0.29) is 24.5 Å². The molecule has 4 heteroatoms. The first kappa shape index (κ1) is 13.1. The second-order valence-electron chi connectivity index (χ2n) is 3.82. The van der Waals surface area contributed by atoms with Crippen molar-refractivity contribution >= 4 is 0 Å². The van der Waals surface area contributed by atoms with E-state index in [0.29, 0.717) is 0 Å². The molecular weight excluding hydrogens is 207 g/mol. The summed E-state index contributed by atoms with van der Waals surface area (Å²) in [5, 5.41) is 12.4. The number of aliphatic hydroxyl groups is 1. The lowest BCUT2D eigenvalue weighted by atomic mass is 10.1. The van der Waals surface area contributed by atoms with Crippen LogP contribution in [-0.4, -0.2) is 22.7 Å². The third kappa shape index (κ3) is 3.54. The summed E-state index contributed by atoms with van der Waals surface area (Å²) in [5.74, 6) is -0.326. The van der Waals surface area contributed by atoms with Crippen molar-refractivity contribution in [3.8, 4) is 0 Å². The van der Waals surface area contributed by atoms with E-state index < -0.39 is 0 Å². The topological polar surface area (TPSA) is 45.1 Å². The van der Waals surface area contributed by atoms with Gasteiger partial charge in [0.05, 0.1) is 18.5 Å². The van der Waals surface area contributed by atoms with Crippen molar-refractivity contribution in [3.63, 3.8) is 0 Å². The smallest absolute Gasteiger partial charge is 0.141 e. The van der Waals surface area contributed by atoms with Gasteiger partial charge < -0.3 is 10.4 Å². The number of hydrogen-bond donors (Lipinski definition) is 2. The van der Waals surface area contributed by atoms with Crippen LogP contribution in [0.2, 0.25) is 0 Å². The van der Waals surface area contributed by atoms with Gasteiger partial charge in [-0.25, -0.2) is 4.39 Å². The van der Waals surface area contributed by atoms with Gasteiger partial charge in [0.2, 0.25) is 0 Å². The molecule has 1 aromatic rings. The quantitative estimate of drug-likeness (QED) is 0.780. The van der Waals surface area contributed by atoms with Crippen LogP contribution in [0.5, 0.6) is 0 Å². The van der Waals surface area contributed by atoms with E-state index in [1.54, 1.807) is 6.07 Å². The minimum Gasteiger partial charge on any atom is -0.395 e. The molecule has 1 aromatic heterocycles. The van der Waals surface area contributed by atoms with Crippen LogP contribution in [-0.2, 0) is 0 Å². The van der Waals surface area contributed by atoms with Gasteiger partial charge in [-0.15, -0.1) is 0 Å². The Morgan fingerprint density at radius 3 is 2.56 bits per heavy atom. The van der Waals surface area contributed by atoms with Gasteiger partial charge in [0.1, 0.15) is 5.82 Å². The Morgan fingerprint density at radius 2 is 2.12 bits per heavy atom. The molecule has 1 heterocycles. The van der Waals surface area contributed by atoms with Crippen LogP contribution in [0.25, 0.3) is 0 Å². The number of hydrogen-bond acceptors (Lipinski definition) is 3. The van der Waals surface area contributed by atoms with Crippen molar-refractivity contribution in [1.82, 2.24) is 10.3 Å². The van der Waals surface area contributed by atoms with Gasteiger partial charge >= 0.3 is 0 Å². The number of aliphatic hydroxyl groups excluding tert-OH is 1. The van der Waals surface area contributed by atoms with Gasteiger partial charge in [-0.3, -0.25) is 4.98 Å². The Hall–Kier alpha value is -1.00. The van der Waals surface area contributed by atoms with Crippen LogP contribution < -0.4 is 5.32 Å². The van der Waals surface area contributed by atoms with Gasteiger partial charge in [-0.1, -0.05) is 13.8 Å². The molecule has 3 nitrogen and oxygen atoms in total. The Morgan fingerprint density at radius 1 is 1.38 bits per heavy atom. The molecule has 0 aromatic carbocycles. The summed E-state index contributed by atoms with van der Waals surface area (Å²) in [4.78, 5) is 4.05. The molecule has 0 radical (unpaired) electrons. The van der Waals surface area contributed by atoms with Crippen molar-refractivity contribution in [3.05, 3.63) is 29.8 Å². The highest BCUT2D eigenvalue weighted by Crippen LogP contribution is 2.15. The molecular formula is C12H19FN2O. The van der Waals surface area contributed by atoms with Gasteiger partial charge in [0, 0.05) is 12.1 Å². The number of aromatic nitrogens is 1. The number of nitrogens with zero attached hydrogens (tertiary/aromatic N) is 1. The summed E-state index contributed by atoms with van der Waals surface area (Å²) in [6.07, 6.45) is 2.93. The lowest BCUT2D eigenvalue weighted by Gasteiger charge is -2.22. The lowest BCUT2D eigenvalue weighted by molar-refractivity contribution is 0.225. The normalized spacial score (nSPS) is 14.8. The molecule has 0 aliphatic rings. The third-order valence-electron chi connectivity index (χ3n) is 2.67. The molecule has 0 spiro atoms. The minimum atomic E-state index is -0.326. The number of rotatable bonds is 6. The van der Waals surface area contributed by atoms with E-state index in [1.165, 1.54) is 12.3 Å². The largest absolute Gasteiger partial charge is 0.395 e. The molecule has 90 valence electrons. The zero-order chi connectivity index (χ0) is 12.0. The summed E-state index contributed by atoms with van der Waals surface area (Å²) in [6, 6.07) is 3.22. The van der Waals surface area contributed by atoms with E-state index in [4.69, 9.17) is 5.11 Å². The van der Waals surface area contributed by atoms with Crippen molar-refractivity contribution in [2.24, 2.45) is 0 Å². The first-order valence-corrected chi connectivity index (χ1v) is 5.69. The molecule has 0 aliphatic heterocycles. The molecule has 0 fully saturated rings. The molecule has 0 bridgehead atoms. The van der Waals surface area contributed by atoms with E-state index in [1.807, 2.05) is 13.8 Å². The van der Waals surface area contributed by atoms with Gasteiger partial charge in [0.15, 0.2) is 0 Å². The predicted molar refractivity (Wildman–Crippen MR) is 61.5 cm³/mol. The highest BCUT2D eigenvalue weighted by molar-refractivity contribution is 5.10. The van der Waals surface area contributed by atoms with Crippen LogP contribution in [0.3, 0.4) is 0 Å². The molecule has 0 amide bonds. The Labute approximate surface area is 95.7 Å². The van der Waals surface area contributed by atoms with Gasteiger partial charge in [-0.05, 0) is 25.0 Å². The zero-order valence-electron chi connectivity index (χ0n) is 9.78. The van der Waals surface area contributed by atoms with E-state index in [9.17, 15) is 4.39 Å². The number of pyridine rings is 1. The lowest BCUT2D eigenvalue weighted by Crippen LogP contribution is -2.35. The van der Waals surface area contributed by atoms with Crippen molar-refractivity contribution < 1.29 is 9.50 Å². The van der Waals surface area contributed by atoms with Crippen LogP contribution in [0.4, 0.5) is 4.39 Å². The Kier molecular flexibility index (Phi) is 5.35. The van der Waals surface area contributed by atoms with Crippen molar-refractivity contribution in [2.75, 3.05) is 6.61 Å². The molecule has 0 saturated heterocycles. The maximum atomic E-state index is 12.7. The Balaban J connectivity index is 2.70. The van der Waals surface area contributed by atoms with Crippen LogP contribution in [0, 0.1) is 5.82 Å². The Bertz CT molecular complexity index is 298. The summed E-state index contributed by atoms with van der Waals surface area (Å²) in [5.41, 5.74) is 0.816. The highest BCUT2D eigenvalue weighted by Gasteiger charge is 2.14. The molecule has 2 unspecified atom stereocenters. The third-order valence-corrected chi connectivity index (χ3v) is 2.67. The van der Waals surface area contributed by atoms with Crippen molar-refractivity contribution in [2.45, 2.75) is 38.8 Å². The molecule has 0 aliphatic carbocycles. The maximum Gasteiger partial charge on any atom is 0.141 e. The number of halogens is 1. The first-order chi connectivity index (χ1) is 7.71. The minimum absolute atomic E-state index is 0.0665. The summed E-state index contributed by atoms with van der Waals surface area (Å²) in [6.45, 7) is 4.15. The summed E-state index contributed by atoms with van der Waals surface area (Å²) in [7, 11) is 0. The monoisotopic (exact) mass is 226 g/mol. The molecule has 2 atom stereocenters. The maximum absolute atomic E-state index is 12.7. The second-order valence-corrected chi connectivity index (χ2v) is 3.82. The SMILES string of the molecule is CCC(CO)NC(CC)c1ccc(F)cn1. The zero-order valence-corrected chi connectivity index (χ0v) is 9.78. The van der Waals surface area contributed by atoms with Crippen LogP contribution >= 0.6 is 0 Å². The molecule has 0 saturated carbocycles. The fourth-order valence-electron chi connectivity index (χ4n) is 1.59. The van der Waals surface area contributed by atoms with Gasteiger partial charge in [-0.2, -0.15) is 0 Å². The summed E-state index contributed by atoms with van der Waals surface area (Å²) >= 11 is 0. The molecule has 16 heavy (non-hydrogen) atoms. The van der Waals surface area contributed by atoms with E-state index in [0.717, 1.165) is 18.5 Å². The highest BCUT2D eigenvalue weighted by atomic mass is 19.1. The van der Waals surface area contributed by atoms with E-state index in [2.05, 4.69) is 10.3 Å². The van der Waals surface area contributed by atoms with Gasteiger partial charge in [0.25, 0.3) is 0 Å². The second kappa shape index (κ2) is 6.55. The fraction of sp³-hybridized carbons (Fsp3) is 0.583. The van der Waals surface area contributed by atoms with Crippen LogP contribution in [0.1, 0.15) is 38.4 Å². The van der Waals surface area contributed by atoms with Crippen molar-refractivity contribution in [1.29, 1.82) is 0 Å².